The summed E-state index contributed by atoms with van der Waals surface area (Å²) in [6.45, 7) is -1.04. The maximum Gasteiger partial charge on any atom is 0.338 e. The van der Waals surface area contributed by atoms with Gasteiger partial charge in [-0.3, -0.25) is 0 Å². The third-order valence-corrected chi connectivity index (χ3v) is 9.33. The van der Waals surface area contributed by atoms with Crippen molar-refractivity contribution in [3.05, 3.63) is 154 Å². The van der Waals surface area contributed by atoms with Crippen molar-refractivity contribution in [3.8, 4) is 0 Å². The first kappa shape index (κ1) is 40.5. The molecule has 15 nitrogen and oxygen atoms in total. The summed E-state index contributed by atoms with van der Waals surface area (Å²) in [6, 6.07) is 33.7. The predicted molar refractivity (Wildman–Crippen MR) is 198 cm³/mol. The average Bonchev–Trinajstić information content (AvgIpc) is 3.24. The maximum absolute atomic E-state index is 13.6. The molecule has 2 fully saturated rings. The van der Waals surface area contributed by atoms with Crippen LogP contribution in [0.25, 0.3) is 10.4 Å². The summed E-state index contributed by atoms with van der Waals surface area (Å²) in [5, 5.41) is 25.9. The van der Waals surface area contributed by atoms with Gasteiger partial charge in [-0.1, -0.05) is 102 Å². The lowest BCUT2D eigenvalue weighted by atomic mass is 9.95. The topological polar surface area (TPSA) is 197 Å². The number of carbonyl (C=O) groups is 2. The standard InChI is InChI=1S/C41H43N3O12/c1-49-40-32(43-44-42)35(50-23-26-14-6-2-7-15-26)34(31(54-40)25-52-38(47)28-18-10-4-11-19-28)56-41-37(55-39(48)29-20-12-5-13-21-29)36(33(46)30(22-45)53-41)51-24-27-16-8-3-9-17-27/h2-21,30-37,40-41,45-46H,22-25H2,1H3/t30-,31+,32+,33-,34+,35+,36+,37-,40-,41+/m0/s1. The minimum atomic E-state index is -1.56. The third-order valence-electron chi connectivity index (χ3n) is 9.33. The normalized spacial score (nSPS) is 27.4. The van der Waals surface area contributed by atoms with Gasteiger partial charge in [0.05, 0.1) is 30.9 Å². The van der Waals surface area contributed by atoms with Crippen molar-refractivity contribution in [3.63, 3.8) is 0 Å². The Morgan fingerprint density at radius 2 is 1.21 bits per heavy atom. The third kappa shape index (κ3) is 10.2. The largest absolute Gasteiger partial charge is 0.459 e. The summed E-state index contributed by atoms with van der Waals surface area (Å²) in [5.41, 5.74) is 11.7. The smallest absolute Gasteiger partial charge is 0.338 e. The molecule has 10 atom stereocenters. The van der Waals surface area contributed by atoms with E-state index < -0.39 is 86.5 Å². The van der Waals surface area contributed by atoms with Gasteiger partial charge in [-0.15, -0.1) is 0 Å². The predicted octanol–water partition coefficient (Wildman–Crippen LogP) is 4.75. The van der Waals surface area contributed by atoms with Gasteiger partial charge in [0, 0.05) is 12.0 Å². The van der Waals surface area contributed by atoms with Crippen LogP contribution in [0.3, 0.4) is 0 Å². The Hall–Kier alpha value is -5.19. The fourth-order valence-electron chi connectivity index (χ4n) is 6.50. The van der Waals surface area contributed by atoms with E-state index in [1.54, 1.807) is 60.7 Å². The van der Waals surface area contributed by atoms with E-state index >= 15 is 0 Å². The molecule has 0 radical (unpaired) electrons. The Kier molecular flexibility index (Phi) is 14.5. The van der Waals surface area contributed by atoms with Gasteiger partial charge in [0.15, 0.2) is 18.7 Å². The Morgan fingerprint density at radius 1 is 0.696 bits per heavy atom. The van der Waals surface area contributed by atoms with E-state index in [-0.39, 0.29) is 24.3 Å². The van der Waals surface area contributed by atoms with Crippen LogP contribution in [-0.4, -0.2) is 104 Å². The number of hydrogen-bond acceptors (Lipinski definition) is 13. The first-order valence-electron chi connectivity index (χ1n) is 18.0. The first-order chi connectivity index (χ1) is 27.4. The van der Waals surface area contributed by atoms with Crippen molar-refractivity contribution in [2.24, 2.45) is 5.11 Å². The van der Waals surface area contributed by atoms with E-state index in [2.05, 4.69) is 10.0 Å². The lowest BCUT2D eigenvalue weighted by Crippen LogP contribution is -2.65. The van der Waals surface area contributed by atoms with Crippen LogP contribution in [0, 0.1) is 0 Å². The number of benzene rings is 4. The Balaban J connectivity index is 1.38. The molecule has 0 saturated carbocycles. The summed E-state index contributed by atoms with van der Waals surface area (Å²) in [7, 11) is 1.36. The zero-order valence-electron chi connectivity index (χ0n) is 30.5. The molecule has 0 unspecified atom stereocenters. The molecule has 15 heteroatoms. The van der Waals surface area contributed by atoms with E-state index in [4.69, 9.17) is 37.9 Å². The maximum atomic E-state index is 13.6. The molecule has 294 valence electrons. The second-order valence-corrected chi connectivity index (χ2v) is 13.0. The fourth-order valence-corrected chi connectivity index (χ4v) is 6.50. The zero-order chi connectivity index (χ0) is 39.3. The summed E-state index contributed by atoms with van der Waals surface area (Å²) < 4.78 is 49.2. The number of hydrogen-bond donors (Lipinski definition) is 2. The molecule has 2 heterocycles. The second-order valence-electron chi connectivity index (χ2n) is 13.0. The van der Waals surface area contributed by atoms with Gasteiger partial charge >= 0.3 is 11.9 Å². The van der Waals surface area contributed by atoms with Crippen molar-refractivity contribution in [2.45, 2.75) is 74.6 Å². The molecule has 2 saturated heterocycles. The number of nitrogens with zero attached hydrogens (tertiary/aromatic N) is 3. The van der Waals surface area contributed by atoms with Gasteiger partial charge in [-0.25, -0.2) is 9.59 Å². The van der Waals surface area contributed by atoms with Crippen LogP contribution in [0.1, 0.15) is 31.8 Å². The van der Waals surface area contributed by atoms with Crippen molar-refractivity contribution < 1.29 is 57.7 Å². The molecule has 4 aromatic rings. The number of aliphatic hydroxyl groups is 2. The van der Waals surface area contributed by atoms with Crippen LogP contribution in [-0.2, 0) is 51.1 Å². The van der Waals surface area contributed by atoms with Crippen LogP contribution in [0.5, 0.6) is 0 Å². The molecule has 0 bridgehead atoms. The van der Waals surface area contributed by atoms with Gasteiger partial charge in [-0.2, -0.15) is 0 Å². The Labute approximate surface area is 323 Å². The van der Waals surface area contributed by atoms with Crippen molar-refractivity contribution in [1.29, 1.82) is 0 Å². The number of rotatable bonds is 16. The van der Waals surface area contributed by atoms with E-state index in [0.717, 1.165) is 11.1 Å². The summed E-state index contributed by atoms with van der Waals surface area (Å²) in [5.74, 6) is -1.42. The molecular weight excluding hydrogens is 726 g/mol. The van der Waals surface area contributed by atoms with Gasteiger partial charge in [0.2, 0.25) is 0 Å². The highest BCUT2D eigenvalue weighted by Crippen LogP contribution is 2.35. The summed E-state index contributed by atoms with van der Waals surface area (Å²) in [4.78, 5) is 29.8. The van der Waals surface area contributed by atoms with E-state index in [1.165, 1.54) is 7.11 Å². The number of aliphatic hydroxyl groups excluding tert-OH is 2. The van der Waals surface area contributed by atoms with Gasteiger partial charge in [-0.05, 0) is 40.9 Å². The number of methoxy groups -OCH3 is 1. The van der Waals surface area contributed by atoms with Gasteiger partial charge in [0.25, 0.3) is 0 Å². The lowest BCUT2D eigenvalue weighted by molar-refractivity contribution is -0.351. The Morgan fingerprint density at radius 3 is 1.75 bits per heavy atom. The number of carbonyl (C=O) groups excluding carboxylic acids is 2. The molecule has 0 spiro atoms. The van der Waals surface area contributed by atoms with Crippen LogP contribution >= 0.6 is 0 Å². The highest BCUT2D eigenvalue weighted by molar-refractivity contribution is 5.89. The van der Waals surface area contributed by atoms with Gasteiger partial charge < -0.3 is 48.1 Å². The molecule has 4 aromatic carbocycles. The van der Waals surface area contributed by atoms with Crippen LogP contribution in [0.4, 0.5) is 0 Å². The number of azide groups is 1. The van der Waals surface area contributed by atoms with E-state index in [0.29, 0.717) is 0 Å². The average molecular weight is 770 g/mol. The summed E-state index contributed by atoms with van der Waals surface area (Å²) in [6.07, 6.45) is -11.8. The minimum Gasteiger partial charge on any atom is -0.459 e. The molecule has 56 heavy (non-hydrogen) atoms. The first-order valence-corrected chi connectivity index (χ1v) is 18.0. The van der Waals surface area contributed by atoms with Crippen LogP contribution in [0.15, 0.2) is 126 Å². The monoisotopic (exact) mass is 769 g/mol. The number of ether oxygens (including phenoxy) is 8. The quantitative estimate of drug-likeness (QED) is 0.0688. The highest BCUT2D eigenvalue weighted by Gasteiger charge is 2.54. The SMILES string of the molecule is CO[C@H]1O[C@H](COC(=O)c2ccccc2)[C@@H](O[C@H]2O[C@@H](CO)[C@H](O)[C@@H](OCc3ccccc3)[C@@H]2OC(=O)c2ccccc2)[C@H](OCc2ccccc2)[C@H]1N=[N+]=[N-]. The van der Waals surface area contributed by atoms with Crippen molar-refractivity contribution in [2.75, 3.05) is 20.3 Å². The molecule has 0 aliphatic carbocycles. The molecule has 0 amide bonds. The van der Waals surface area contributed by atoms with Crippen molar-refractivity contribution in [1.82, 2.24) is 0 Å². The molecule has 2 aliphatic heterocycles. The van der Waals surface area contributed by atoms with Crippen LogP contribution in [0.2, 0.25) is 0 Å². The molecule has 6 rings (SSSR count). The minimum absolute atomic E-state index is 0.00524. The number of esters is 2. The lowest BCUT2D eigenvalue weighted by Gasteiger charge is -2.48. The van der Waals surface area contributed by atoms with Crippen LogP contribution < -0.4 is 0 Å². The van der Waals surface area contributed by atoms with Crippen molar-refractivity contribution >= 4 is 11.9 Å². The fraction of sp³-hybridized carbons (Fsp3) is 0.366. The molecular formula is C41H43N3O12. The van der Waals surface area contributed by atoms with Gasteiger partial charge in [0.1, 0.15) is 49.3 Å². The van der Waals surface area contributed by atoms with E-state index in [9.17, 15) is 25.3 Å². The zero-order valence-corrected chi connectivity index (χ0v) is 30.5. The second kappa shape index (κ2) is 20.1. The highest BCUT2D eigenvalue weighted by atomic mass is 16.8. The van der Waals surface area contributed by atoms with E-state index in [1.807, 2.05) is 60.7 Å². The molecule has 2 aliphatic rings. The summed E-state index contributed by atoms with van der Waals surface area (Å²) >= 11 is 0. The molecule has 0 aromatic heterocycles. The Bertz CT molecular complexity index is 1870. The molecule has 2 N–H and O–H groups in total.